The number of aliphatic hydroxyl groups is 1. The first-order valence-corrected chi connectivity index (χ1v) is 7.49. The van der Waals surface area contributed by atoms with Crippen molar-refractivity contribution in [2.24, 2.45) is 0 Å². The number of aliphatic hydroxyl groups excluding tert-OH is 1. The largest absolute Gasteiger partial charge is 0.382 e. The van der Waals surface area contributed by atoms with Crippen LogP contribution in [0.4, 0.5) is 4.39 Å². The van der Waals surface area contributed by atoms with Gasteiger partial charge in [0.05, 0.1) is 22.9 Å². The Morgan fingerprint density at radius 1 is 1.43 bits per heavy atom. The van der Waals surface area contributed by atoms with Gasteiger partial charge in [0.1, 0.15) is 11.9 Å². The molecular weight excluding hydrogens is 337 g/mol. The molecule has 0 amide bonds. The van der Waals surface area contributed by atoms with Crippen LogP contribution in [0.25, 0.3) is 0 Å². The van der Waals surface area contributed by atoms with Crippen LogP contribution in [0.3, 0.4) is 0 Å². The molecular formula is C15H19BrFN3O. The minimum Gasteiger partial charge on any atom is -0.382 e. The van der Waals surface area contributed by atoms with Crippen LogP contribution >= 0.6 is 15.9 Å². The maximum Gasteiger partial charge on any atom is 0.126 e. The number of halogens is 2. The average molecular weight is 356 g/mol. The fourth-order valence-corrected chi connectivity index (χ4v) is 2.57. The van der Waals surface area contributed by atoms with Crippen LogP contribution in [0.2, 0.25) is 0 Å². The van der Waals surface area contributed by atoms with Gasteiger partial charge in [0, 0.05) is 6.54 Å². The third-order valence-electron chi connectivity index (χ3n) is 3.36. The molecule has 0 saturated carbocycles. The van der Waals surface area contributed by atoms with E-state index in [1.54, 1.807) is 29.9 Å². The van der Waals surface area contributed by atoms with Crippen LogP contribution in [0, 0.1) is 12.7 Å². The summed E-state index contributed by atoms with van der Waals surface area (Å²) in [7, 11) is 3.95. The van der Waals surface area contributed by atoms with E-state index in [1.807, 2.05) is 19.0 Å². The fraction of sp³-hybridized carbons (Fsp3) is 0.400. The number of aromatic nitrogens is 2. The van der Waals surface area contributed by atoms with Crippen molar-refractivity contribution in [3.63, 3.8) is 0 Å². The average Bonchev–Trinajstić information content (AvgIpc) is 2.80. The summed E-state index contributed by atoms with van der Waals surface area (Å²) in [6, 6.07) is 4.77. The molecule has 2 aromatic rings. The molecule has 0 aliphatic heterocycles. The minimum atomic E-state index is -0.917. The van der Waals surface area contributed by atoms with Crippen LogP contribution in [0.15, 0.2) is 28.9 Å². The third kappa shape index (κ3) is 3.70. The molecule has 114 valence electrons. The summed E-state index contributed by atoms with van der Waals surface area (Å²) >= 11 is 3.40. The summed E-state index contributed by atoms with van der Waals surface area (Å²) in [6.07, 6.45) is 0.734. The number of hydrogen-bond acceptors (Lipinski definition) is 3. The molecule has 0 radical (unpaired) electrons. The molecule has 1 atom stereocenters. The summed E-state index contributed by atoms with van der Waals surface area (Å²) < 4.78 is 16.1. The Labute approximate surface area is 132 Å². The van der Waals surface area contributed by atoms with Crippen LogP contribution < -0.4 is 0 Å². The van der Waals surface area contributed by atoms with Gasteiger partial charge in [0.15, 0.2) is 0 Å². The Morgan fingerprint density at radius 3 is 2.76 bits per heavy atom. The van der Waals surface area contributed by atoms with Crippen molar-refractivity contribution in [1.82, 2.24) is 14.7 Å². The normalized spacial score (nSPS) is 12.9. The predicted octanol–water partition coefficient (Wildman–Crippen LogP) is 2.74. The summed E-state index contributed by atoms with van der Waals surface area (Å²) in [6.45, 7) is 3.15. The number of rotatable bonds is 5. The molecule has 1 aromatic carbocycles. The number of nitrogens with zero attached hydrogens (tertiary/aromatic N) is 3. The zero-order valence-electron chi connectivity index (χ0n) is 12.3. The quantitative estimate of drug-likeness (QED) is 0.896. The molecule has 1 unspecified atom stereocenters. The van der Waals surface area contributed by atoms with E-state index in [1.165, 1.54) is 6.07 Å². The van der Waals surface area contributed by atoms with E-state index in [-0.39, 0.29) is 5.82 Å². The lowest BCUT2D eigenvalue weighted by Crippen LogP contribution is -2.21. The van der Waals surface area contributed by atoms with Crippen molar-refractivity contribution in [2.45, 2.75) is 19.6 Å². The number of aryl methyl sites for hydroxylation is 1. The fourth-order valence-electron chi connectivity index (χ4n) is 2.05. The standard InChI is InChI=1S/C15H19BrFN3O/c1-10-4-5-11(8-13(10)17)15(21)14-12(16)9-18-20(14)7-6-19(2)3/h4-5,8-9,15,21H,6-7H2,1-3H3. The smallest absolute Gasteiger partial charge is 0.126 e. The van der Waals surface area contributed by atoms with Gasteiger partial charge in [-0.15, -0.1) is 0 Å². The van der Waals surface area contributed by atoms with Crippen LogP contribution in [0.1, 0.15) is 22.9 Å². The van der Waals surface area contributed by atoms with Crippen molar-refractivity contribution in [3.05, 3.63) is 51.5 Å². The van der Waals surface area contributed by atoms with E-state index in [9.17, 15) is 9.50 Å². The van der Waals surface area contributed by atoms with E-state index in [0.29, 0.717) is 23.4 Å². The lowest BCUT2D eigenvalue weighted by molar-refractivity contribution is 0.204. The molecule has 0 aliphatic carbocycles. The molecule has 21 heavy (non-hydrogen) atoms. The highest BCUT2D eigenvalue weighted by Crippen LogP contribution is 2.29. The highest BCUT2D eigenvalue weighted by molar-refractivity contribution is 9.10. The Bertz CT molecular complexity index is 627. The molecule has 2 rings (SSSR count). The summed E-state index contributed by atoms with van der Waals surface area (Å²) in [5.41, 5.74) is 1.72. The van der Waals surface area contributed by atoms with Crippen molar-refractivity contribution in [3.8, 4) is 0 Å². The van der Waals surface area contributed by atoms with E-state index in [2.05, 4.69) is 21.0 Å². The first-order valence-electron chi connectivity index (χ1n) is 6.70. The molecule has 6 heteroatoms. The molecule has 1 aromatic heterocycles. The zero-order chi connectivity index (χ0) is 15.6. The summed E-state index contributed by atoms with van der Waals surface area (Å²) in [5, 5.41) is 14.8. The Balaban J connectivity index is 2.31. The van der Waals surface area contributed by atoms with Gasteiger partial charge in [-0.1, -0.05) is 12.1 Å². The molecule has 4 nitrogen and oxygen atoms in total. The molecule has 0 spiro atoms. The lowest BCUT2D eigenvalue weighted by atomic mass is 10.0. The van der Waals surface area contributed by atoms with Gasteiger partial charge in [-0.05, 0) is 54.1 Å². The minimum absolute atomic E-state index is 0.318. The summed E-state index contributed by atoms with van der Waals surface area (Å²) in [4.78, 5) is 2.04. The second kappa shape index (κ2) is 6.68. The molecule has 0 saturated heterocycles. The topological polar surface area (TPSA) is 41.3 Å². The number of benzene rings is 1. The van der Waals surface area contributed by atoms with Crippen molar-refractivity contribution in [2.75, 3.05) is 20.6 Å². The van der Waals surface area contributed by atoms with Crippen molar-refractivity contribution >= 4 is 15.9 Å². The molecule has 0 aliphatic rings. The van der Waals surface area contributed by atoms with Gasteiger partial charge in [0.2, 0.25) is 0 Å². The van der Waals surface area contributed by atoms with Gasteiger partial charge in [-0.3, -0.25) is 4.68 Å². The van der Waals surface area contributed by atoms with E-state index >= 15 is 0 Å². The highest BCUT2D eigenvalue weighted by Gasteiger charge is 2.20. The van der Waals surface area contributed by atoms with Crippen LogP contribution in [-0.2, 0) is 6.54 Å². The van der Waals surface area contributed by atoms with Gasteiger partial charge in [-0.25, -0.2) is 4.39 Å². The van der Waals surface area contributed by atoms with Gasteiger partial charge in [-0.2, -0.15) is 5.10 Å². The van der Waals surface area contributed by atoms with E-state index < -0.39 is 6.10 Å². The highest BCUT2D eigenvalue weighted by atomic mass is 79.9. The Morgan fingerprint density at radius 2 is 2.14 bits per heavy atom. The van der Waals surface area contributed by atoms with Crippen LogP contribution in [0.5, 0.6) is 0 Å². The molecule has 0 fully saturated rings. The first-order chi connectivity index (χ1) is 9.90. The Kier molecular flexibility index (Phi) is 5.13. The van der Waals surface area contributed by atoms with E-state index in [4.69, 9.17) is 0 Å². The lowest BCUT2D eigenvalue weighted by Gasteiger charge is -2.17. The van der Waals surface area contributed by atoms with Crippen LogP contribution in [-0.4, -0.2) is 40.4 Å². The maximum absolute atomic E-state index is 13.7. The van der Waals surface area contributed by atoms with E-state index in [0.717, 1.165) is 11.0 Å². The SMILES string of the molecule is Cc1ccc(C(O)c2c(Br)cnn2CCN(C)C)cc1F. The first kappa shape index (κ1) is 16.1. The third-order valence-corrected chi connectivity index (χ3v) is 3.97. The predicted molar refractivity (Wildman–Crippen MR) is 83.7 cm³/mol. The summed E-state index contributed by atoms with van der Waals surface area (Å²) in [5.74, 6) is -0.318. The van der Waals surface area contributed by atoms with Crippen molar-refractivity contribution in [1.29, 1.82) is 0 Å². The second-order valence-corrected chi connectivity index (χ2v) is 6.17. The number of likely N-dealkylation sites (N-methyl/N-ethyl adjacent to an activating group) is 1. The van der Waals surface area contributed by atoms with Crippen molar-refractivity contribution < 1.29 is 9.50 Å². The molecule has 1 heterocycles. The van der Waals surface area contributed by atoms with Gasteiger partial charge in [0.25, 0.3) is 0 Å². The molecule has 0 bridgehead atoms. The maximum atomic E-state index is 13.7. The van der Waals surface area contributed by atoms with Gasteiger partial charge >= 0.3 is 0 Å². The Hall–Kier alpha value is -1.24. The zero-order valence-corrected chi connectivity index (χ0v) is 13.9. The second-order valence-electron chi connectivity index (χ2n) is 5.32. The number of hydrogen-bond donors (Lipinski definition) is 1. The monoisotopic (exact) mass is 355 g/mol. The van der Waals surface area contributed by atoms with Gasteiger partial charge < -0.3 is 10.0 Å². The molecule has 1 N–H and O–H groups in total.